The predicted molar refractivity (Wildman–Crippen MR) is 94.1 cm³/mol. The van der Waals surface area contributed by atoms with Crippen LogP contribution in [0.2, 0.25) is 0 Å². The minimum Gasteiger partial charge on any atom is -0.465 e. The van der Waals surface area contributed by atoms with Crippen LogP contribution in [0.5, 0.6) is 0 Å². The Balaban J connectivity index is 2.18. The third kappa shape index (κ3) is 7.26. The number of alkyl halides is 1. The third-order valence-corrected chi connectivity index (χ3v) is 4.55. The Kier molecular flexibility index (Phi) is 8.67. The molecule has 1 atom stereocenters. The van der Waals surface area contributed by atoms with Gasteiger partial charge in [-0.05, 0) is 59.5 Å². The van der Waals surface area contributed by atoms with Crippen LogP contribution < -0.4 is 5.32 Å². The molecule has 1 rings (SSSR count). The van der Waals surface area contributed by atoms with E-state index >= 15 is 0 Å². The van der Waals surface area contributed by atoms with Gasteiger partial charge in [0, 0.05) is 12.3 Å². The molecule has 0 aromatic rings. The fourth-order valence-corrected chi connectivity index (χ4v) is 2.78. The lowest BCUT2D eigenvalue weighted by Gasteiger charge is -2.36. The van der Waals surface area contributed by atoms with E-state index in [0.29, 0.717) is 31.8 Å². The standard InChI is InChI=1S/C16H28INO4/c1-12(17)15(20)21-11-5-4-6-14(19)22-16(2,3)13-7-9-18-10-8-13/h12-13,18H,4-11H2,1-3H3. The van der Waals surface area contributed by atoms with Gasteiger partial charge in [0.25, 0.3) is 0 Å². The number of hydrogen-bond acceptors (Lipinski definition) is 5. The van der Waals surface area contributed by atoms with Gasteiger partial charge >= 0.3 is 11.9 Å². The molecule has 0 bridgehead atoms. The number of carbonyl (C=O) groups is 2. The number of carbonyl (C=O) groups excluding carboxylic acids is 2. The number of esters is 2. The van der Waals surface area contributed by atoms with E-state index < -0.39 is 5.60 Å². The van der Waals surface area contributed by atoms with Crippen molar-refractivity contribution in [1.29, 1.82) is 0 Å². The normalized spacial score (nSPS) is 17.8. The maximum Gasteiger partial charge on any atom is 0.318 e. The minimum absolute atomic E-state index is 0.131. The van der Waals surface area contributed by atoms with Gasteiger partial charge in [0.05, 0.1) is 6.61 Å². The average molecular weight is 425 g/mol. The molecule has 1 aliphatic rings. The van der Waals surface area contributed by atoms with Crippen molar-refractivity contribution in [3.05, 3.63) is 0 Å². The summed E-state index contributed by atoms with van der Waals surface area (Å²) in [5.41, 5.74) is -0.401. The smallest absolute Gasteiger partial charge is 0.318 e. The Bertz CT molecular complexity index is 365. The molecule has 0 aliphatic carbocycles. The summed E-state index contributed by atoms with van der Waals surface area (Å²) in [5.74, 6) is 0.0659. The van der Waals surface area contributed by atoms with Gasteiger partial charge in [0.2, 0.25) is 0 Å². The highest BCUT2D eigenvalue weighted by molar-refractivity contribution is 14.1. The van der Waals surface area contributed by atoms with Crippen LogP contribution in [-0.2, 0) is 19.1 Å². The van der Waals surface area contributed by atoms with Crippen LogP contribution >= 0.6 is 22.6 Å². The first-order valence-corrected chi connectivity index (χ1v) is 9.31. The second-order valence-electron chi connectivity index (χ2n) is 6.34. The first-order chi connectivity index (χ1) is 10.3. The van der Waals surface area contributed by atoms with Gasteiger partial charge < -0.3 is 14.8 Å². The summed E-state index contributed by atoms with van der Waals surface area (Å²) < 4.78 is 10.6. The number of piperidine rings is 1. The van der Waals surface area contributed by atoms with Crippen molar-refractivity contribution in [3.8, 4) is 0 Å². The quantitative estimate of drug-likeness (QED) is 0.281. The van der Waals surface area contributed by atoms with Crippen LogP contribution in [-0.4, -0.2) is 41.2 Å². The molecule has 0 saturated carbocycles. The van der Waals surface area contributed by atoms with Crippen molar-refractivity contribution in [2.24, 2.45) is 5.92 Å². The molecule has 0 aromatic carbocycles. The van der Waals surface area contributed by atoms with Crippen molar-refractivity contribution >= 4 is 34.5 Å². The molecule has 22 heavy (non-hydrogen) atoms. The van der Waals surface area contributed by atoms with Crippen LogP contribution in [0, 0.1) is 5.92 Å². The summed E-state index contributed by atoms with van der Waals surface area (Å²) in [6.07, 6.45) is 3.85. The zero-order valence-corrected chi connectivity index (χ0v) is 16.0. The van der Waals surface area contributed by atoms with E-state index in [0.717, 1.165) is 25.9 Å². The first-order valence-electron chi connectivity index (χ1n) is 8.06. The first kappa shape index (κ1) is 19.7. The summed E-state index contributed by atoms with van der Waals surface area (Å²) in [6, 6.07) is 0. The molecule has 0 amide bonds. The molecule has 1 N–H and O–H groups in total. The highest BCUT2D eigenvalue weighted by Gasteiger charge is 2.33. The molecular weight excluding hydrogens is 397 g/mol. The molecule has 1 heterocycles. The van der Waals surface area contributed by atoms with Crippen molar-refractivity contribution in [2.75, 3.05) is 19.7 Å². The van der Waals surface area contributed by atoms with Gasteiger partial charge in [0.15, 0.2) is 0 Å². The van der Waals surface area contributed by atoms with E-state index in [-0.39, 0.29) is 15.9 Å². The predicted octanol–water partition coefficient (Wildman–Crippen LogP) is 2.84. The zero-order valence-electron chi connectivity index (χ0n) is 13.8. The maximum absolute atomic E-state index is 12.0. The average Bonchev–Trinajstić information content (AvgIpc) is 2.47. The van der Waals surface area contributed by atoms with Crippen molar-refractivity contribution < 1.29 is 19.1 Å². The fourth-order valence-electron chi connectivity index (χ4n) is 2.60. The van der Waals surface area contributed by atoms with E-state index in [1.807, 2.05) is 36.4 Å². The van der Waals surface area contributed by atoms with Gasteiger partial charge in [0.1, 0.15) is 9.53 Å². The van der Waals surface area contributed by atoms with E-state index in [1.165, 1.54) is 0 Å². The summed E-state index contributed by atoms with van der Waals surface area (Å²) in [7, 11) is 0. The molecule has 0 radical (unpaired) electrons. The summed E-state index contributed by atoms with van der Waals surface area (Å²) in [6.45, 7) is 8.16. The van der Waals surface area contributed by atoms with E-state index in [4.69, 9.17) is 9.47 Å². The minimum atomic E-state index is -0.401. The summed E-state index contributed by atoms with van der Waals surface area (Å²) in [5, 5.41) is 3.32. The van der Waals surface area contributed by atoms with Gasteiger partial charge in [-0.3, -0.25) is 9.59 Å². The van der Waals surface area contributed by atoms with Crippen LogP contribution in [0.4, 0.5) is 0 Å². The van der Waals surface area contributed by atoms with Crippen molar-refractivity contribution in [3.63, 3.8) is 0 Å². The Morgan fingerprint density at radius 2 is 1.91 bits per heavy atom. The maximum atomic E-state index is 12.0. The molecule has 1 unspecified atom stereocenters. The Morgan fingerprint density at radius 1 is 1.27 bits per heavy atom. The molecular formula is C16H28INO4. The molecule has 0 aromatic heterocycles. The number of unbranched alkanes of at least 4 members (excludes halogenated alkanes) is 1. The number of halogens is 1. The van der Waals surface area contributed by atoms with Gasteiger partial charge in [-0.1, -0.05) is 22.6 Å². The molecule has 5 nitrogen and oxygen atoms in total. The summed E-state index contributed by atoms with van der Waals surface area (Å²) >= 11 is 2.02. The Labute approximate surface area is 147 Å². The van der Waals surface area contributed by atoms with E-state index in [9.17, 15) is 9.59 Å². The summed E-state index contributed by atoms with van der Waals surface area (Å²) in [4.78, 5) is 23.2. The topological polar surface area (TPSA) is 64.6 Å². The molecule has 1 aliphatic heterocycles. The van der Waals surface area contributed by atoms with Crippen LogP contribution in [0.3, 0.4) is 0 Å². The van der Waals surface area contributed by atoms with E-state index in [2.05, 4.69) is 5.32 Å². The molecule has 6 heteroatoms. The fraction of sp³-hybridized carbons (Fsp3) is 0.875. The van der Waals surface area contributed by atoms with Crippen LogP contribution in [0.15, 0.2) is 0 Å². The highest BCUT2D eigenvalue weighted by Crippen LogP contribution is 2.29. The lowest BCUT2D eigenvalue weighted by Crippen LogP contribution is -2.42. The Morgan fingerprint density at radius 3 is 2.50 bits per heavy atom. The van der Waals surface area contributed by atoms with Crippen LogP contribution in [0.1, 0.15) is 52.9 Å². The number of hydrogen-bond donors (Lipinski definition) is 1. The molecule has 0 spiro atoms. The lowest BCUT2D eigenvalue weighted by atomic mass is 9.83. The Hall–Kier alpha value is -0.370. The van der Waals surface area contributed by atoms with Gasteiger partial charge in [-0.2, -0.15) is 0 Å². The highest BCUT2D eigenvalue weighted by atomic mass is 127. The van der Waals surface area contributed by atoms with Crippen molar-refractivity contribution in [1.82, 2.24) is 5.32 Å². The second-order valence-corrected chi connectivity index (χ2v) is 8.21. The monoisotopic (exact) mass is 425 g/mol. The second kappa shape index (κ2) is 9.70. The van der Waals surface area contributed by atoms with Crippen molar-refractivity contribution in [2.45, 2.75) is 62.4 Å². The van der Waals surface area contributed by atoms with Gasteiger partial charge in [-0.15, -0.1) is 0 Å². The largest absolute Gasteiger partial charge is 0.465 e. The lowest BCUT2D eigenvalue weighted by molar-refractivity contribution is -0.162. The van der Waals surface area contributed by atoms with E-state index in [1.54, 1.807) is 6.92 Å². The van der Waals surface area contributed by atoms with Crippen LogP contribution in [0.25, 0.3) is 0 Å². The zero-order chi connectivity index (χ0) is 16.6. The molecule has 1 saturated heterocycles. The molecule has 1 fully saturated rings. The number of ether oxygens (including phenoxy) is 2. The third-order valence-electron chi connectivity index (χ3n) is 4.04. The SMILES string of the molecule is CC(I)C(=O)OCCCCC(=O)OC(C)(C)C1CCNCC1. The molecule has 128 valence electrons. The van der Waals surface area contributed by atoms with Gasteiger partial charge in [-0.25, -0.2) is 0 Å². The number of nitrogens with one attached hydrogen (secondary N) is 1. The number of rotatable bonds is 8.